The molecule has 2 fully saturated rings. The van der Waals surface area contributed by atoms with Gasteiger partial charge < -0.3 is 5.32 Å². The van der Waals surface area contributed by atoms with E-state index in [1.807, 2.05) is 6.92 Å². The summed E-state index contributed by atoms with van der Waals surface area (Å²) < 4.78 is 0. The van der Waals surface area contributed by atoms with Crippen LogP contribution in [0.25, 0.3) is 0 Å². The molecule has 0 aromatic carbocycles. The average molecular weight is 220 g/mol. The second-order valence-electron chi connectivity index (χ2n) is 4.92. The lowest BCUT2D eigenvalue weighted by molar-refractivity contribution is 0.0925. The summed E-state index contributed by atoms with van der Waals surface area (Å²) in [6, 6.07) is 0.246. The fraction of sp³-hybridized carbons (Fsp3) is 0.727. The van der Waals surface area contributed by atoms with Crippen LogP contribution < -0.4 is 5.32 Å². The molecule has 2 aliphatic carbocycles. The van der Waals surface area contributed by atoms with Crippen molar-refractivity contribution < 1.29 is 4.79 Å². The summed E-state index contributed by atoms with van der Waals surface area (Å²) in [5.41, 5.74) is 0. The van der Waals surface area contributed by atoms with E-state index in [4.69, 9.17) is 0 Å². The molecule has 0 radical (unpaired) electrons. The highest BCUT2D eigenvalue weighted by Crippen LogP contribution is 2.37. The van der Waals surface area contributed by atoms with Crippen molar-refractivity contribution in [3.8, 4) is 0 Å². The van der Waals surface area contributed by atoms with Gasteiger partial charge in [0.25, 0.3) is 5.91 Å². The quantitative estimate of drug-likeness (QED) is 0.801. The minimum atomic E-state index is -0.150. The third kappa shape index (κ3) is 1.94. The van der Waals surface area contributed by atoms with Crippen LogP contribution >= 0.6 is 0 Å². The average Bonchev–Trinajstić information content (AvgIpc) is 3.16. The minimum absolute atomic E-state index is 0.150. The van der Waals surface area contributed by atoms with Crippen molar-refractivity contribution >= 4 is 5.91 Å². The van der Waals surface area contributed by atoms with Gasteiger partial charge >= 0.3 is 0 Å². The van der Waals surface area contributed by atoms with Crippen LogP contribution in [0.1, 0.15) is 55.0 Å². The molecule has 5 nitrogen and oxygen atoms in total. The molecule has 0 aliphatic heterocycles. The van der Waals surface area contributed by atoms with E-state index in [0.29, 0.717) is 11.8 Å². The summed E-state index contributed by atoms with van der Waals surface area (Å²) in [6.07, 6.45) is 4.77. The summed E-state index contributed by atoms with van der Waals surface area (Å²) >= 11 is 0. The fourth-order valence-corrected chi connectivity index (χ4v) is 1.90. The Labute approximate surface area is 94.0 Å². The van der Waals surface area contributed by atoms with Crippen molar-refractivity contribution in [1.29, 1.82) is 0 Å². The molecule has 1 aromatic rings. The summed E-state index contributed by atoms with van der Waals surface area (Å²) in [7, 11) is 0. The standard InChI is InChI=1S/C11H16N4O/c1-6(7-2-3-7)12-11(16)10-13-9(14-15-10)8-4-5-8/h6-8H,2-5H2,1H3,(H,12,16)(H,13,14,15). The van der Waals surface area contributed by atoms with Gasteiger partial charge in [0.2, 0.25) is 5.82 Å². The van der Waals surface area contributed by atoms with Crippen LogP contribution in [0.4, 0.5) is 0 Å². The molecule has 0 saturated heterocycles. The van der Waals surface area contributed by atoms with Gasteiger partial charge in [-0.2, -0.15) is 0 Å². The molecule has 5 heteroatoms. The molecule has 1 aromatic heterocycles. The first-order chi connectivity index (χ1) is 7.74. The van der Waals surface area contributed by atoms with Crippen molar-refractivity contribution in [3.05, 3.63) is 11.6 Å². The molecule has 1 amide bonds. The number of aromatic nitrogens is 3. The number of carbonyl (C=O) groups is 1. The number of aromatic amines is 1. The van der Waals surface area contributed by atoms with E-state index in [1.54, 1.807) is 0 Å². The van der Waals surface area contributed by atoms with E-state index in [1.165, 1.54) is 12.8 Å². The maximum atomic E-state index is 11.8. The Balaban J connectivity index is 1.63. The number of carbonyl (C=O) groups excluding carboxylic acids is 1. The molecule has 0 spiro atoms. The van der Waals surface area contributed by atoms with Crippen molar-refractivity contribution in [2.24, 2.45) is 5.92 Å². The number of hydrogen-bond acceptors (Lipinski definition) is 3. The molecule has 2 N–H and O–H groups in total. The first-order valence-electron chi connectivity index (χ1n) is 5.97. The first-order valence-corrected chi connectivity index (χ1v) is 5.97. The Morgan fingerprint density at radius 1 is 1.44 bits per heavy atom. The molecule has 3 rings (SSSR count). The van der Waals surface area contributed by atoms with Gasteiger partial charge in [0.1, 0.15) is 5.82 Å². The fourth-order valence-electron chi connectivity index (χ4n) is 1.90. The Morgan fingerprint density at radius 2 is 2.19 bits per heavy atom. The van der Waals surface area contributed by atoms with E-state index in [9.17, 15) is 4.79 Å². The van der Waals surface area contributed by atoms with Crippen LogP contribution in [0, 0.1) is 5.92 Å². The van der Waals surface area contributed by atoms with Crippen LogP contribution in [0.2, 0.25) is 0 Å². The number of rotatable bonds is 4. The molecule has 2 saturated carbocycles. The molecular formula is C11H16N4O. The predicted molar refractivity (Wildman–Crippen MR) is 58.0 cm³/mol. The summed E-state index contributed by atoms with van der Waals surface area (Å²) in [5, 5.41) is 9.75. The number of nitrogens with zero attached hydrogens (tertiary/aromatic N) is 2. The lowest BCUT2D eigenvalue weighted by atomic mass is 10.2. The zero-order valence-corrected chi connectivity index (χ0v) is 9.36. The molecule has 2 aliphatic rings. The van der Waals surface area contributed by atoms with Gasteiger partial charge in [-0.1, -0.05) is 0 Å². The van der Waals surface area contributed by atoms with Gasteiger partial charge in [-0.25, -0.2) is 4.98 Å². The van der Waals surface area contributed by atoms with Gasteiger partial charge in [-0.15, -0.1) is 5.10 Å². The van der Waals surface area contributed by atoms with Crippen molar-refractivity contribution in [3.63, 3.8) is 0 Å². The monoisotopic (exact) mass is 220 g/mol. The van der Waals surface area contributed by atoms with Crippen molar-refractivity contribution in [2.75, 3.05) is 0 Å². The Hall–Kier alpha value is -1.39. The van der Waals surface area contributed by atoms with E-state index in [-0.39, 0.29) is 17.8 Å². The normalized spacial score (nSPS) is 21.8. The van der Waals surface area contributed by atoms with Crippen molar-refractivity contribution in [2.45, 2.75) is 44.6 Å². The smallest absolute Gasteiger partial charge is 0.291 e. The molecular weight excluding hydrogens is 204 g/mol. The first kappa shape index (κ1) is 9.81. The SMILES string of the molecule is CC(NC(=O)c1n[nH]c(C2CC2)n1)C1CC1. The molecule has 0 bridgehead atoms. The summed E-state index contributed by atoms with van der Waals surface area (Å²) in [5.74, 6) is 2.17. The number of nitrogens with one attached hydrogen (secondary N) is 2. The highest BCUT2D eigenvalue weighted by molar-refractivity contribution is 5.90. The second kappa shape index (κ2) is 3.57. The van der Waals surface area contributed by atoms with Crippen LogP contribution in [0.15, 0.2) is 0 Å². The molecule has 1 heterocycles. The van der Waals surface area contributed by atoms with E-state index < -0.39 is 0 Å². The highest BCUT2D eigenvalue weighted by Gasteiger charge is 2.31. The minimum Gasteiger partial charge on any atom is -0.347 e. The molecule has 1 unspecified atom stereocenters. The molecule has 1 atom stereocenters. The Kier molecular flexibility index (Phi) is 2.19. The predicted octanol–water partition coefficient (Wildman–Crippen LogP) is 1.21. The Bertz CT molecular complexity index is 406. The van der Waals surface area contributed by atoms with Gasteiger partial charge in [0.05, 0.1) is 0 Å². The largest absolute Gasteiger partial charge is 0.347 e. The summed E-state index contributed by atoms with van der Waals surface area (Å²) in [4.78, 5) is 16.0. The zero-order chi connectivity index (χ0) is 11.1. The van der Waals surface area contributed by atoms with Crippen LogP contribution in [-0.4, -0.2) is 27.1 Å². The van der Waals surface area contributed by atoms with Crippen LogP contribution in [0.5, 0.6) is 0 Å². The van der Waals surface area contributed by atoms with Crippen molar-refractivity contribution in [1.82, 2.24) is 20.5 Å². The maximum absolute atomic E-state index is 11.8. The van der Waals surface area contributed by atoms with Gasteiger partial charge in [0.15, 0.2) is 0 Å². The summed E-state index contributed by atoms with van der Waals surface area (Å²) in [6.45, 7) is 2.05. The van der Waals surface area contributed by atoms with Crippen LogP contribution in [-0.2, 0) is 0 Å². The van der Waals surface area contributed by atoms with E-state index in [2.05, 4.69) is 20.5 Å². The van der Waals surface area contributed by atoms with Crippen LogP contribution in [0.3, 0.4) is 0 Å². The van der Waals surface area contributed by atoms with E-state index in [0.717, 1.165) is 18.7 Å². The lowest BCUT2D eigenvalue weighted by Gasteiger charge is -2.10. The number of amides is 1. The molecule has 16 heavy (non-hydrogen) atoms. The zero-order valence-electron chi connectivity index (χ0n) is 9.36. The van der Waals surface area contributed by atoms with Gasteiger partial charge in [0, 0.05) is 12.0 Å². The number of H-pyrrole nitrogens is 1. The molecule has 86 valence electrons. The Morgan fingerprint density at radius 3 is 2.81 bits per heavy atom. The lowest BCUT2D eigenvalue weighted by Crippen LogP contribution is -2.34. The number of hydrogen-bond donors (Lipinski definition) is 2. The highest BCUT2D eigenvalue weighted by atomic mass is 16.2. The third-order valence-electron chi connectivity index (χ3n) is 3.36. The second-order valence-corrected chi connectivity index (χ2v) is 4.92. The van der Waals surface area contributed by atoms with E-state index >= 15 is 0 Å². The topological polar surface area (TPSA) is 70.7 Å². The third-order valence-corrected chi connectivity index (χ3v) is 3.36. The maximum Gasteiger partial charge on any atom is 0.291 e. The van der Waals surface area contributed by atoms with Gasteiger partial charge in [-0.05, 0) is 38.5 Å². The van der Waals surface area contributed by atoms with Gasteiger partial charge in [-0.3, -0.25) is 9.89 Å².